The number of aromatic nitrogens is 2. The Bertz CT molecular complexity index is 1230. The fourth-order valence-corrected chi connectivity index (χ4v) is 5.39. The van der Waals surface area contributed by atoms with Crippen LogP contribution in [-0.4, -0.2) is 82.4 Å². The highest BCUT2D eigenvalue weighted by Gasteiger charge is 2.35. The van der Waals surface area contributed by atoms with Gasteiger partial charge in [0.25, 0.3) is 11.8 Å². The molecule has 47 heavy (non-hydrogen) atoms. The van der Waals surface area contributed by atoms with Gasteiger partial charge >= 0.3 is 0 Å². The summed E-state index contributed by atoms with van der Waals surface area (Å²) in [6.07, 6.45) is 2.79. The predicted octanol–water partition coefficient (Wildman–Crippen LogP) is 1.92. The van der Waals surface area contributed by atoms with Crippen molar-refractivity contribution in [3.63, 3.8) is 0 Å². The molecule has 1 aliphatic rings. The lowest BCUT2D eigenvalue weighted by Crippen LogP contribution is -2.57. The monoisotopic (exact) mass is 665 g/mol. The molecule has 0 aromatic carbocycles. The number of hydrogen-bond donors (Lipinski definition) is 5. The van der Waals surface area contributed by atoms with E-state index in [4.69, 9.17) is 0 Å². The summed E-state index contributed by atoms with van der Waals surface area (Å²) < 4.78 is 26.4. The fraction of sp³-hybridized carbons (Fsp3) is 0.688. The molecule has 6 atom stereocenters. The third-order valence-electron chi connectivity index (χ3n) is 8.36. The maximum Gasteiger partial charge on any atom is 0.289 e. The summed E-state index contributed by atoms with van der Waals surface area (Å²) in [5.41, 5.74) is 0.0483. The molecule has 2 rings (SSSR count). The molecule has 13 nitrogen and oxygen atoms in total. The van der Waals surface area contributed by atoms with Gasteiger partial charge in [-0.2, -0.15) is 0 Å². The number of ketones is 1. The van der Waals surface area contributed by atoms with Crippen LogP contribution in [0.5, 0.6) is 0 Å². The van der Waals surface area contributed by atoms with Crippen LogP contribution in [0.15, 0.2) is 18.6 Å². The average Bonchev–Trinajstić information content (AvgIpc) is 3.46. The molecular formula is C32H49F2N7O6. The lowest BCUT2D eigenvalue weighted by Gasteiger charge is -2.28. The Kier molecular flexibility index (Phi) is 15.8. The molecule has 1 fully saturated rings. The van der Waals surface area contributed by atoms with E-state index in [1.165, 1.54) is 18.6 Å². The van der Waals surface area contributed by atoms with Crippen LogP contribution >= 0.6 is 0 Å². The molecule has 1 aliphatic carbocycles. The number of nitrogens with zero attached hydrogens (tertiary/aromatic N) is 2. The van der Waals surface area contributed by atoms with Crippen LogP contribution in [0.1, 0.15) is 90.6 Å². The second kappa shape index (κ2) is 18.9. The molecular weight excluding hydrogens is 616 g/mol. The Morgan fingerprint density at radius 1 is 0.851 bits per heavy atom. The Labute approximate surface area is 274 Å². The number of Topliss-reactive ketones (excluding diaryl/α,β-unsaturated/α-hetero) is 1. The molecule has 1 unspecified atom stereocenters. The van der Waals surface area contributed by atoms with E-state index < -0.39 is 66.3 Å². The summed E-state index contributed by atoms with van der Waals surface area (Å²) in [7, 11) is 0. The van der Waals surface area contributed by atoms with Crippen LogP contribution in [0.2, 0.25) is 0 Å². The first-order chi connectivity index (χ1) is 22.1. The molecule has 0 spiro atoms. The van der Waals surface area contributed by atoms with Crippen molar-refractivity contribution in [2.75, 3.05) is 6.54 Å². The third-order valence-corrected chi connectivity index (χ3v) is 8.36. The van der Waals surface area contributed by atoms with Crippen molar-refractivity contribution in [2.24, 2.45) is 23.7 Å². The van der Waals surface area contributed by atoms with Crippen molar-refractivity contribution in [2.45, 2.75) is 111 Å². The molecule has 1 heterocycles. The SMILES string of the molecule is CC[C@H](C)NC(=O)C(=O)C(CC(F)F)NC(=O)C[C@H]1CCC[C@H]1CNC(=O)[C@@H](NC(=O)[C@H](NC(=O)c1cnccn1)C(C)C)C(C)C. The highest BCUT2D eigenvalue weighted by atomic mass is 19.3. The normalized spacial score (nSPS) is 18.6. The zero-order valence-corrected chi connectivity index (χ0v) is 28.0. The van der Waals surface area contributed by atoms with Crippen molar-refractivity contribution >= 4 is 35.3 Å². The molecule has 5 N–H and O–H groups in total. The number of alkyl halides is 2. The van der Waals surface area contributed by atoms with Crippen LogP contribution < -0.4 is 26.6 Å². The van der Waals surface area contributed by atoms with Gasteiger partial charge in [0, 0.05) is 37.8 Å². The maximum atomic E-state index is 13.3. The van der Waals surface area contributed by atoms with Gasteiger partial charge in [0.15, 0.2) is 0 Å². The molecule has 262 valence electrons. The average molecular weight is 666 g/mol. The molecule has 1 aromatic rings. The molecule has 0 aliphatic heterocycles. The van der Waals surface area contributed by atoms with Crippen molar-refractivity contribution in [3.05, 3.63) is 24.3 Å². The summed E-state index contributed by atoms with van der Waals surface area (Å²) in [6.45, 7) is 10.7. The quantitative estimate of drug-likeness (QED) is 0.147. The molecule has 0 bridgehead atoms. The zero-order valence-electron chi connectivity index (χ0n) is 28.0. The Balaban J connectivity index is 1.99. The molecule has 1 aromatic heterocycles. The second-order valence-corrected chi connectivity index (χ2v) is 12.8. The third kappa shape index (κ3) is 12.6. The van der Waals surface area contributed by atoms with Gasteiger partial charge in [-0.05, 0) is 49.9 Å². The van der Waals surface area contributed by atoms with E-state index in [-0.39, 0.29) is 48.4 Å². The maximum absolute atomic E-state index is 13.3. The summed E-state index contributed by atoms with van der Waals surface area (Å²) in [4.78, 5) is 84.6. The molecule has 15 heteroatoms. The van der Waals surface area contributed by atoms with E-state index in [0.717, 1.165) is 6.42 Å². The molecule has 5 amide bonds. The first-order valence-electron chi connectivity index (χ1n) is 16.2. The molecule has 0 radical (unpaired) electrons. The highest BCUT2D eigenvalue weighted by Crippen LogP contribution is 2.33. The Morgan fingerprint density at radius 3 is 2.06 bits per heavy atom. The smallest absolute Gasteiger partial charge is 0.289 e. The topological polar surface area (TPSA) is 188 Å². The summed E-state index contributed by atoms with van der Waals surface area (Å²) in [5, 5.41) is 13.1. The van der Waals surface area contributed by atoms with Crippen LogP contribution in [0, 0.1) is 23.7 Å². The van der Waals surface area contributed by atoms with Crippen LogP contribution in [0.25, 0.3) is 0 Å². The van der Waals surface area contributed by atoms with Gasteiger partial charge in [0.2, 0.25) is 29.9 Å². The second-order valence-electron chi connectivity index (χ2n) is 12.8. The number of rotatable bonds is 18. The lowest BCUT2D eigenvalue weighted by molar-refractivity contribution is -0.141. The van der Waals surface area contributed by atoms with Crippen molar-refractivity contribution in [3.8, 4) is 0 Å². The summed E-state index contributed by atoms with van der Waals surface area (Å²) >= 11 is 0. The van der Waals surface area contributed by atoms with E-state index in [1.54, 1.807) is 41.5 Å². The van der Waals surface area contributed by atoms with Gasteiger partial charge in [-0.1, -0.05) is 41.0 Å². The van der Waals surface area contributed by atoms with Crippen LogP contribution in [0.4, 0.5) is 8.78 Å². The fourth-order valence-electron chi connectivity index (χ4n) is 5.39. The minimum Gasteiger partial charge on any atom is -0.354 e. The van der Waals surface area contributed by atoms with Gasteiger partial charge in [0.1, 0.15) is 23.8 Å². The Hall–Kier alpha value is -4.04. The molecule has 1 saturated carbocycles. The first-order valence-corrected chi connectivity index (χ1v) is 16.2. The standard InChI is InChI=1S/C32H49F2N7O6/c1-7-19(6)38-32(47)28(43)22(14-24(33)34)39-25(42)13-20-9-8-10-21(20)15-37-30(45)26(17(2)3)41-31(46)27(18(4)5)40-29(44)23-16-35-11-12-36-23/h11-12,16-22,24,26-27H,7-10,13-15H2,1-6H3,(H,37,45)(H,38,47)(H,39,42)(H,40,44)(H,41,46)/t19-,20+,21-,22?,26-,27+/m0/s1. The number of halogens is 2. The number of hydrogen-bond acceptors (Lipinski definition) is 8. The zero-order chi connectivity index (χ0) is 35.3. The van der Waals surface area contributed by atoms with E-state index in [9.17, 15) is 37.5 Å². The van der Waals surface area contributed by atoms with Gasteiger partial charge < -0.3 is 26.6 Å². The molecule has 0 saturated heterocycles. The predicted molar refractivity (Wildman–Crippen MR) is 169 cm³/mol. The van der Waals surface area contributed by atoms with E-state index in [1.807, 2.05) is 0 Å². The lowest BCUT2D eigenvalue weighted by atomic mass is 9.91. The van der Waals surface area contributed by atoms with Crippen molar-refractivity contribution in [1.29, 1.82) is 0 Å². The van der Waals surface area contributed by atoms with E-state index in [0.29, 0.717) is 19.3 Å². The van der Waals surface area contributed by atoms with Gasteiger partial charge in [-0.25, -0.2) is 13.8 Å². The number of carbonyl (C=O) groups excluding carboxylic acids is 6. The summed E-state index contributed by atoms with van der Waals surface area (Å²) in [6, 6.07) is -3.84. The summed E-state index contributed by atoms with van der Waals surface area (Å²) in [5.74, 6) is -5.21. The first kappa shape index (κ1) is 39.1. The number of amides is 5. The van der Waals surface area contributed by atoms with Crippen molar-refractivity contribution in [1.82, 2.24) is 36.6 Å². The van der Waals surface area contributed by atoms with Gasteiger partial charge in [0.05, 0.1) is 6.20 Å². The largest absolute Gasteiger partial charge is 0.354 e. The van der Waals surface area contributed by atoms with E-state index in [2.05, 4.69) is 36.6 Å². The highest BCUT2D eigenvalue weighted by molar-refractivity contribution is 6.38. The van der Waals surface area contributed by atoms with Crippen LogP contribution in [-0.2, 0) is 24.0 Å². The number of carbonyl (C=O) groups is 6. The number of nitrogens with one attached hydrogen (secondary N) is 5. The Morgan fingerprint density at radius 2 is 1.49 bits per heavy atom. The van der Waals surface area contributed by atoms with Gasteiger partial charge in [-0.3, -0.25) is 33.8 Å². The minimum absolute atomic E-state index is 0.0483. The van der Waals surface area contributed by atoms with E-state index >= 15 is 0 Å². The minimum atomic E-state index is -2.91. The van der Waals surface area contributed by atoms with Crippen molar-refractivity contribution < 1.29 is 37.5 Å². The van der Waals surface area contributed by atoms with Crippen LogP contribution in [0.3, 0.4) is 0 Å². The van der Waals surface area contributed by atoms with Gasteiger partial charge in [-0.15, -0.1) is 0 Å².